The lowest BCUT2D eigenvalue weighted by Crippen LogP contribution is -2.18. The molecule has 1 amide bonds. The number of fused-ring (bicyclic) bond motifs is 1. The van der Waals surface area contributed by atoms with Crippen molar-refractivity contribution < 1.29 is 18.3 Å². The van der Waals surface area contributed by atoms with Gasteiger partial charge in [0.25, 0.3) is 5.91 Å². The zero-order valence-corrected chi connectivity index (χ0v) is 17.2. The van der Waals surface area contributed by atoms with Crippen LogP contribution in [0.2, 0.25) is 0 Å². The number of amides is 1. The van der Waals surface area contributed by atoms with Gasteiger partial charge in [0.2, 0.25) is 10.0 Å². The molecule has 8 nitrogen and oxygen atoms in total. The molecule has 0 spiro atoms. The van der Waals surface area contributed by atoms with E-state index in [0.717, 1.165) is 5.56 Å². The van der Waals surface area contributed by atoms with Crippen LogP contribution in [0.5, 0.6) is 5.75 Å². The summed E-state index contributed by atoms with van der Waals surface area (Å²) in [5.41, 5.74) is 1.24. The van der Waals surface area contributed by atoms with E-state index in [1.54, 1.807) is 48.5 Å². The Kier molecular flexibility index (Phi) is 6.55. The SMILES string of the molecule is N#C/C(=C/NCCc1ccc(S(N)(=O)=O)cc1)C(=O)Nc1cccc2c(O)cccc12. The summed E-state index contributed by atoms with van der Waals surface area (Å²) in [5.74, 6) is -0.480. The van der Waals surface area contributed by atoms with E-state index in [1.807, 2.05) is 6.07 Å². The summed E-state index contributed by atoms with van der Waals surface area (Å²) in [4.78, 5) is 12.5. The minimum absolute atomic E-state index is 0.0364. The average molecular weight is 436 g/mol. The lowest BCUT2D eigenvalue weighted by atomic mass is 10.1. The van der Waals surface area contributed by atoms with Gasteiger partial charge >= 0.3 is 0 Å². The molecular weight excluding hydrogens is 416 g/mol. The molecule has 0 aromatic heterocycles. The van der Waals surface area contributed by atoms with Crippen molar-refractivity contribution in [3.63, 3.8) is 0 Å². The molecule has 3 rings (SSSR count). The van der Waals surface area contributed by atoms with Crippen molar-refractivity contribution in [1.29, 1.82) is 5.26 Å². The number of primary sulfonamides is 1. The first-order chi connectivity index (χ1) is 14.8. The minimum Gasteiger partial charge on any atom is -0.507 e. The van der Waals surface area contributed by atoms with Crippen LogP contribution in [-0.2, 0) is 21.2 Å². The summed E-state index contributed by atoms with van der Waals surface area (Å²) in [6.07, 6.45) is 1.88. The molecule has 0 aliphatic heterocycles. The lowest BCUT2D eigenvalue weighted by molar-refractivity contribution is -0.112. The molecule has 158 valence electrons. The maximum atomic E-state index is 12.5. The molecule has 5 N–H and O–H groups in total. The Labute approximate surface area is 179 Å². The number of carbonyl (C=O) groups is 1. The number of phenols is 1. The summed E-state index contributed by atoms with van der Waals surface area (Å²) in [6.45, 7) is 0.426. The number of benzene rings is 3. The molecule has 0 aliphatic rings. The first-order valence-corrected chi connectivity index (χ1v) is 10.8. The van der Waals surface area contributed by atoms with E-state index < -0.39 is 15.9 Å². The Bertz CT molecular complexity index is 1290. The van der Waals surface area contributed by atoms with Crippen molar-refractivity contribution in [2.45, 2.75) is 11.3 Å². The number of nitrogens with zero attached hydrogens (tertiary/aromatic N) is 1. The second-order valence-electron chi connectivity index (χ2n) is 6.69. The maximum absolute atomic E-state index is 12.5. The van der Waals surface area contributed by atoms with E-state index in [9.17, 15) is 23.6 Å². The van der Waals surface area contributed by atoms with Gasteiger partial charge in [-0.3, -0.25) is 4.79 Å². The van der Waals surface area contributed by atoms with E-state index in [-0.39, 0.29) is 16.2 Å². The molecule has 0 unspecified atom stereocenters. The summed E-state index contributed by atoms with van der Waals surface area (Å²) < 4.78 is 22.5. The van der Waals surface area contributed by atoms with Crippen LogP contribution in [0.15, 0.2) is 77.3 Å². The number of sulfonamides is 1. The zero-order chi connectivity index (χ0) is 22.4. The first kappa shape index (κ1) is 21.8. The molecule has 31 heavy (non-hydrogen) atoms. The van der Waals surface area contributed by atoms with Crippen molar-refractivity contribution in [3.8, 4) is 11.8 Å². The topological polar surface area (TPSA) is 145 Å². The van der Waals surface area contributed by atoms with E-state index >= 15 is 0 Å². The summed E-state index contributed by atoms with van der Waals surface area (Å²) >= 11 is 0. The largest absolute Gasteiger partial charge is 0.507 e. The van der Waals surface area contributed by atoms with Gasteiger partial charge in [-0.15, -0.1) is 0 Å². The fourth-order valence-corrected chi connectivity index (χ4v) is 3.49. The van der Waals surface area contributed by atoms with Crippen molar-refractivity contribution in [2.75, 3.05) is 11.9 Å². The number of hydrogen-bond acceptors (Lipinski definition) is 6. The molecule has 0 saturated carbocycles. The van der Waals surface area contributed by atoms with Crippen molar-refractivity contribution in [1.82, 2.24) is 5.32 Å². The highest BCUT2D eigenvalue weighted by atomic mass is 32.2. The fraction of sp³-hybridized carbons (Fsp3) is 0.0909. The quantitative estimate of drug-likeness (QED) is 0.254. The van der Waals surface area contributed by atoms with E-state index in [2.05, 4.69) is 10.6 Å². The highest BCUT2D eigenvalue weighted by Gasteiger charge is 2.12. The molecule has 3 aromatic rings. The van der Waals surface area contributed by atoms with Crippen LogP contribution in [0, 0.1) is 11.3 Å². The Hall–Kier alpha value is -3.87. The van der Waals surface area contributed by atoms with E-state index in [4.69, 9.17) is 5.14 Å². The molecule has 0 bridgehead atoms. The molecular formula is C22H20N4O4S. The Morgan fingerprint density at radius 2 is 1.74 bits per heavy atom. The molecule has 0 saturated heterocycles. The number of anilines is 1. The number of nitrogens with two attached hydrogens (primary N) is 1. The standard InChI is InChI=1S/C22H20N4O4S/c23-13-16(14-25-12-11-15-7-9-17(10-8-15)31(24,29)30)22(28)26-20-5-1-4-19-18(20)3-2-6-21(19)27/h1-10,14,25,27H,11-12H2,(H,26,28)(H2,24,29,30)/b16-14-. The maximum Gasteiger partial charge on any atom is 0.267 e. The summed E-state index contributed by atoms with van der Waals surface area (Å²) in [5, 5.41) is 31.2. The molecule has 0 aliphatic carbocycles. The Balaban J connectivity index is 1.62. The van der Waals surface area contributed by atoms with Crippen LogP contribution >= 0.6 is 0 Å². The van der Waals surface area contributed by atoms with Gasteiger partial charge < -0.3 is 15.7 Å². The third-order valence-electron chi connectivity index (χ3n) is 4.57. The normalized spacial score (nSPS) is 11.7. The number of nitrogens with one attached hydrogen (secondary N) is 2. The highest BCUT2D eigenvalue weighted by molar-refractivity contribution is 7.89. The van der Waals surface area contributed by atoms with E-state index in [1.165, 1.54) is 18.3 Å². The van der Waals surface area contributed by atoms with Gasteiger partial charge in [-0.1, -0.05) is 36.4 Å². The van der Waals surface area contributed by atoms with Gasteiger partial charge in [0, 0.05) is 29.2 Å². The number of aromatic hydroxyl groups is 1. The van der Waals surface area contributed by atoms with Crippen LogP contribution in [0.4, 0.5) is 5.69 Å². The summed E-state index contributed by atoms with van der Waals surface area (Å²) in [7, 11) is -3.73. The third-order valence-corrected chi connectivity index (χ3v) is 5.50. The third kappa shape index (κ3) is 5.39. The van der Waals surface area contributed by atoms with Gasteiger partial charge in [0.1, 0.15) is 17.4 Å². The number of hydrogen-bond donors (Lipinski definition) is 4. The second-order valence-corrected chi connectivity index (χ2v) is 8.26. The van der Waals surface area contributed by atoms with Gasteiger partial charge in [-0.25, -0.2) is 13.6 Å². The molecule has 0 fully saturated rings. The predicted octanol–water partition coefficient (Wildman–Crippen LogP) is 2.37. The number of rotatable bonds is 7. The fourth-order valence-electron chi connectivity index (χ4n) is 2.98. The molecule has 0 heterocycles. The van der Waals surface area contributed by atoms with Gasteiger partial charge in [-0.05, 0) is 36.2 Å². The first-order valence-electron chi connectivity index (χ1n) is 9.27. The van der Waals surface area contributed by atoms with Crippen molar-refractivity contribution in [3.05, 3.63) is 78.0 Å². The summed E-state index contributed by atoms with van der Waals surface area (Å²) in [6, 6.07) is 18.1. The number of nitriles is 1. The van der Waals surface area contributed by atoms with Crippen LogP contribution in [0.25, 0.3) is 10.8 Å². The Morgan fingerprint density at radius 3 is 2.42 bits per heavy atom. The molecule has 9 heteroatoms. The zero-order valence-electron chi connectivity index (χ0n) is 16.4. The lowest BCUT2D eigenvalue weighted by Gasteiger charge is -2.09. The number of carbonyl (C=O) groups excluding carboxylic acids is 1. The van der Waals surface area contributed by atoms with E-state index in [0.29, 0.717) is 29.4 Å². The van der Waals surface area contributed by atoms with Gasteiger partial charge in [0.05, 0.1) is 4.90 Å². The smallest absolute Gasteiger partial charge is 0.267 e. The van der Waals surface area contributed by atoms with Crippen LogP contribution in [0.1, 0.15) is 5.56 Å². The number of phenolic OH excluding ortho intramolecular Hbond substituents is 1. The minimum atomic E-state index is -3.73. The second kappa shape index (κ2) is 9.30. The van der Waals surface area contributed by atoms with Crippen LogP contribution in [0.3, 0.4) is 0 Å². The van der Waals surface area contributed by atoms with Gasteiger partial charge in [0.15, 0.2) is 0 Å². The monoisotopic (exact) mass is 436 g/mol. The van der Waals surface area contributed by atoms with Crippen molar-refractivity contribution in [2.24, 2.45) is 5.14 Å². The van der Waals surface area contributed by atoms with Crippen LogP contribution in [-0.4, -0.2) is 26.0 Å². The van der Waals surface area contributed by atoms with Crippen molar-refractivity contribution >= 4 is 32.4 Å². The average Bonchev–Trinajstić information content (AvgIpc) is 2.74. The predicted molar refractivity (Wildman–Crippen MR) is 117 cm³/mol. The molecule has 0 radical (unpaired) electrons. The molecule has 3 aromatic carbocycles. The van der Waals surface area contributed by atoms with Crippen LogP contribution < -0.4 is 15.8 Å². The van der Waals surface area contributed by atoms with Gasteiger partial charge in [-0.2, -0.15) is 5.26 Å². The Morgan fingerprint density at radius 1 is 1.06 bits per heavy atom. The molecule has 0 atom stereocenters. The highest BCUT2D eigenvalue weighted by Crippen LogP contribution is 2.29.